The van der Waals surface area contributed by atoms with E-state index in [-0.39, 0.29) is 17.1 Å². The maximum Gasteiger partial charge on any atom is 0.416 e. The van der Waals surface area contributed by atoms with Crippen molar-refractivity contribution >= 4 is 5.97 Å². The van der Waals surface area contributed by atoms with Crippen LogP contribution in [0.2, 0.25) is 0 Å². The van der Waals surface area contributed by atoms with E-state index >= 15 is 0 Å². The molecular formula is C25H24F3NO4. The minimum absolute atomic E-state index is 0.0763. The van der Waals surface area contributed by atoms with Crippen LogP contribution >= 0.6 is 0 Å². The summed E-state index contributed by atoms with van der Waals surface area (Å²) in [7, 11) is 3.70. The standard InChI is InChI=1S/C25H24F3NO4/c1-29-12-11-24-10-9-18(32-23(30)15-3-6-17(7-4-15)25(26,27)28)13-20(24)33-22-19(31-2)8-5-16(14-29)21(22)24/h3-10,18,20H,11-14H2,1-2H3. The van der Waals surface area contributed by atoms with Gasteiger partial charge in [0.15, 0.2) is 11.5 Å². The molecule has 33 heavy (non-hydrogen) atoms. The van der Waals surface area contributed by atoms with E-state index in [0.717, 1.165) is 55.1 Å². The first-order valence-electron chi connectivity index (χ1n) is 10.8. The van der Waals surface area contributed by atoms with E-state index in [0.29, 0.717) is 12.2 Å². The average molecular weight is 459 g/mol. The average Bonchev–Trinajstić information content (AvgIpc) is 3.04. The smallest absolute Gasteiger partial charge is 0.416 e. The fourth-order valence-electron chi connectivity index (χ4n) is 5.15. The lowest BCUT2D eigenvalue weighted by molar-refractivity contribution is -0.137. The first-order valence-corrected chi connectivity index (χ1v) is 10.8. The van der Waals surface area contributed by atoms with Gasteiger partial charge in [0.05, 0.1) is 23.7 Å². The second-order valence-electron chi connectivity index (χ2n) is 8.88. The van der Waals surface area contributed by atoms with Gasteiger partial charge in [-0.15, -0.1) is 0 Å². The number of hydrogen-bond acceptors (Lipinski definition) is 5. The largest absolute Gasteiger partial charge is 0.493 e. The predicted octanol–water partition coefficient (Wildman–Crippen LogP) is 4.73. The lowest BCUT2D eigenvalue weighted by atomic mass is 9.69. The summed E-state index contributed by atoms with van der Waals surface area (Å²) in [4.78, 5) is 14.9. The van der Waals surface area contributed by atoms with E-state index in [2.05, 4.69) is 24.1 Å². The normalized spacial score (nSPS) is 26.1. The van der Waals surface area contributed by atoms with Crippen LogP contribution in [0.1, 0.15) is 39.9 Å². The van der Waals surface area contributed by atoms with E-state index in [4.69, 9.17) is 14.2 Å². The summed E-state index contributed by atoms with van der Waals surface area (Å²) in [6.07, 6.45) is 0.0429. The Kier molecular flexibility index (Phi) is 5.16. The van der Waals surface area contributed by atoms with Crippen LogP contribution in [-0.4, -0.2) is 43.8 Å². The van der Waals surface area contributed by atoms with E-state index < -0.39 is 23.8 Å². The maximum absolute atomic E-state index is 12.8. The molecule has 5 nitrogen and oxygen atoms in total. The number of rotatable bonds is 3. The Hall–Kier alpha value is -3.00. The zero-order chi connectivity index (χ0) is 23.4. The highest BCUT2D eigenvalue weighted by molar-refractivity contribution is 5.89. The van der Waals surface area contributed by atoms with Crippen molar-refractivity contribution in [3.63, 3.8) is 0 Å². The second kappa shape index (κ2) is 7.80. The van der Waals surface area contributed by atoms with Crippen molar-refractivity contribution in [3.05, 3.63) is 70.8 Å². The molecule has 3 atom stereocenters. The summed E-state index contributed by atoms with van der Waals surface area (Å²) in [5.41, 5.74) is 1.27. The third-order valence-corrected chi connectivity index (χ3v) is 6.84. The molecule has 3 unspecified atom stereocenters. The third-order valence-electron chi connectivity index (χ3n) is 6.84. The van der Waals surface area contributed by atoms with Crippen molar-refractivity contribution in [1.82, 2.24) is 4.90 Å². The molecule has 1 spiro atoms. The molecule has 8 heteroatoms. The van der Waals surface area contributed by atoms with E-state index in [1.54, 1.807) is 7.11 Å². The molecule has 0 saturated carbocycles. The monoisotopic (exact) mass is 459 g/mol. The van der Waals surface area contributed by atoms with Gasteiger partial charge in [-0.25, -0.2) is 4.79 Å². The highest BCUT2D eigenvalue weighted by Crippen LogP contribution is 2.55. The molecule has 2 aromatic carbocycles. The van der Waals surface area contributed by atoms with Crippen molar-refractivity contribution in [2.75, 3.05) is 20.7 Å². The van der Waals surface area contributed by atoms with Crippen LogP contribution < -0.4 is 9.47 Å². The molecule has 0 radical (unpaired) electrons. The van der Waals surface area contributed by atoms with Gasteiger partial charge < -0.3 is 19.1 Å². The topological polar surface area (TPSA) is 48.0 Å². The Bertz CT molecular complexity index is 1110. The molecular weight excluding hydrogens is 435 g/mol. The molecule has 5 rings (SSSR count). The van der Waals surface area contributed by atoms with Crippen LogP contribution in [0.4, 0.5) is 13.2 Å². The minimum atomic E-state index is -4.45. The van der Waals surface area contributed by atoms with Crippen molar-refractivity contribution < 1.29 is 32.2 Å². The number of alkyl halides is 3. The van der Waals surface area contributed by atoms with Crippen molar-refractivity contribution in [1.29, 1.82) is 0 Å². The summed E-state index contributed by atoms with van der Waals surface area (Å²) >= 11 is 0. The second-order valence-corrected chi connectivity index (χ2v) is 8.88. The van der Waals surface area contributed by atoms with Crippen LogP contribution in [0.5, 0.6) is 11.5 Å². The van der Waals surface area contributed by atoms with Gasteiger partial charge in [0, 0.05) is 18.5 Å². The zero-order valence-corrected chi connectivity index (χ0v) is 18.3. The molecule has 0 saturated heterocycles. The Morgan fingerprint density at radius 2 is 1.94 bits per heavy atom. The highest BCUT2D eigenvalue weighted by atomic mass is 19.4. The SMILES string of the molecule is COc1ccc2c3c1OC1CC(OC(=O)c4ccc(C(F)(F)F)cc4)C=CC31CCN(C)C2. The lowest BCUT2D eigenvalue weighted by Crippen LogP contribution is -2.43. The number of ether oxygens (including phenoxy) is 3. The molecule has 1 aliphatic carbocycles. The van der Waals surface area contributed by atoms with Gasteiger partial charge in [-0.1, -0.05) is 12.1 Å². The van der Waals surface area contributed by atoms with Crippen LogP contribution in [0.25, 0.3) is 0 Å². The molecule has 0 bridgehead atoms. The summed E-state index contributed by atoms with van der Waals surface area (Å²) in [6.45, 7) is 1.70. The molecule has 0 amide bonds. The lowest BCUT2D eigenvalue weighted by Gasteiger charge is -2.36. The molecule has 0 aromatic heterocycles. The first kappa shape index (κ1) is 21.8. The van der Waals surface area contributed by atoms with Gasteiger partial charge in [-0.2, -0.15) is 13.2 Å². The van der Waals surface area contributed by atoms with Gasteiger partial charge in [-0.05, 0) is 62.0 Å². The first-order chi connectivity index (χ1) is 15.7. The van der Waals surface area contributed by atoms with E-state index in [1.165, 1.54) is 5.56 Å². The predicted molar refractivity (Wildman–Crippen MR) is 114 cm³/mol. The molecule has 0 N–H and O–H groups in total. The number of benzene rings is 2. The number of carbonyl (C=O) groups is 1. The quantitative estimate of drug-likeness (QED) is 0.491. The Morgan fingerprint density at radius 3 is 2.64 bits per heavy atom. The van der Waals surface area contributed by atoms with Crippen LogP contribution in [0.3, 0.4) is 0 Å². The Balaban J connectivity index is 1.40. The summed E-state index contributed by atoms with van der Waals surface area (Å²) in [5, 5.41) is 0. The van der Waals surface area contributed by atoms with Gasteiger partial charge in [0.2, 0.25) is 0 Å². The molecule has 174 valence electrons. The summed E-state index contributed by atoms with van der Waals surface area (Å²) in [5.74, 6) is 0.761. The maximum atomic E-state index is 12.8. The summed E-state index contributed by atoms with van der Waals surface area (Å²) in [6, 6.07) is 8.05. The number of hydrogen-bond donors (Lipinski definition) is 0. The Labute approximate surface area is 189 Å². The molecule has 2 aliphatic heterocycles. The Morgan fingerprint density at radius 1 is 1.18 bits per heavy atom. The fourth-order valence-corrected chi connectivity index (χ4v) is 5.15. The van der Waals surface area contributed by atoms with Crippen LogP contribution in [0.15, 0.2) is 48.6 Å². The number of halogens is 3. The van der Waals surface area contributed by atoms with Crippen molar-refractivity contribution in [3.8, 4) is 11.5 Å². The van der Waals surface area contributed by atoms with E-state index in [9.17, 15) is 18.0 Å². The number of carbonyl (C=O) groups excluding carboxylic acids is 1. The van der Waals surface area contributed by atoms with Gasteiger partial charge in [0.1, 0.15) is 12.2 Å². The molecule has 2 heterocycles. The highest BCUT2D eigenvalue weighted by Gasteiger charge is 2.53. The van der Waals surface area contributed by atoms with Crippen molar-refractivity contribution in [2.24, 2.45) is 0 Å². The summed E-state index contributed by atoms with van der Waals surface area (Å²) < 4.78 is 55.9. The van der Waals surface area contributed by atoms with Crippen molar-refractivity contribution in [2.45, 2.75) is 43.2 Å². The number of esters is 1. The van der Waals surface area contributed by atoms with Crippen LogP contribution in [0, 0.1) is 0 Å². The molecule has 0 fully saturated rings. The number of nitrogens with zero attached hydrogens (tertiary/aromatic N) is 1. The minimum Gasteiger partial charge on any atom is -0.493 e. The van der Waals surface area contributed by atoms with Gasteiger partial charge in [-0.3, -0.25) is 0 Å². The van der Waals surface area contributed by atoms with E-state index in [1.807, 2.05) is 12.1 Å². The molecule has 3 aliphatic rings. The molecule has 2 aromatic rings. The van der Waals surface area contributed by atoms with Gasteiger partial charge in [0.25, 0.3) is 0 Å². The zero-order valence-electron chi connectivity index (χ0n) is 18.3. The fraction of sp³-hybridized carbons (Fsp3) is 0.400. The van der Waals surface area contributed by atoms with Crippen LogP contribution in [-0.2, 0) is 22.9 Å². The third kappa shape index (κ3) is 3.66. The number of methoxy groups -OCH3 is 1. The van der Waals surface area contributed by atoms with Gasteiger partial charge >= 0.3 is 12.1 Å².